The molecule has 0 fully saturated rings. The summed E-state index contributed by atoms with van der Waals surface area (Å²) in [4.78, 5) is 11.2. The first-order valence-corrected chi connectivity index (χ1v) is 11.4. The van der Waals surface area contributed by atoms with E-state index >= 15 is 0 Å². The molecular formula is C20H16NO7S2-. The highest BCUT2D eigenvalue weighted by atomic mass is 32.2. The van der Waals surface area contributed by atoms with Crippen molar-refractivity contribution < 1.29 is 32.2 Å². The van der Waals surface area contributed by atoms with Gasteiger partial charge in [0.1, 0.15) is 11.3 Å². The van der Waals surface area contributed by atoms with Crippen LogP contribution in [0.2, 0.25) is 0 Å². The number of anilines is 2. The molecule has 1 unspecified atom stereocenters. The Labute approximate surface area is 175 Å². The molecule has 0 saturated heterocycles. The van der Waals surface area contributed by atoms with Crippen LogP contribution in [0.1, 0.15) is 10.4 Å². The number of sulfone groups is 1. The quantitative estimate of drug-likeness (QED) is 0.556. The normalized spacial score (nSPS) is 12.3. The number of carboxylic acid groups (broad SMARTS) is 1. The molecule has 0 bridgehead atoms. The number of aromatic carboxylic acids is 1. The van der Waals surface area contributed by atoms with E-state index in [1.54, 1.807) is 30.3 Å². The Morgan fingerprint density at radius 1 is 0.967 bits per heavy atom. The summed E-state index contributed by atoms with van der Waals surface area (Å²) in [7, 11) is -3.42. The fourth-order valence-electron chi connectivity index (χ4n) is 2.87. The monoisotopic (exact) mass is 446 g/mol. The molecule has 0 spiro atoms. The Hall–Kier alpha value is -3.21. The summed E-state index contributed by atoms with van der Waals surface area (Å²) in [5.74, 6) is -1.92. The van der Waals surface area contributed by atoms with Crippen molar-refractivity contribution >= 4 is 38.4 Å². The van der Waals surface area contributed by atoms with Gasteiger partial charge in [0.15, 0.2) is 9.84 Å². The number of hydrogen-bond acceptors (Lipinski definition) is 6. The zero-order valence-corrected chi connectivity index (χ0v) is 17.2. The van der Waals surface area contributed by atoms with E-state index in [1.807, 2.05) is 0 Å². The second kappa shape index (κ2) is 8.27. The second-order valence-corrected chi connectivity index (χ2v) is 9.18. The number of benzene rings is 3. The molecule has 0 amide bonds. The topological polar surface area (TPSA) is 135 Å². The van der Waals surface area contributed by atoms with Crippen molar-refractivity contribution in [3.05, 3.63) is 72.3 Å². The first kappa shape index (κ1) is 21.5. The van der Waals surface area contributed by atoms with Crippen LogP contribution in [0.5, 0.6) is 5.75 Å². The van der Waals surface area contributed by atoms with Crippen molar-refractivity contribution in [2.24, 2.45) is 0 Å². The molecule has 30 heavy (non-hydrogen) atoms. The van der Waals surface area contributed by atoms with Gasteiger partial charge in [-0.15, -0.1) is 0 Å². The van der Waals surface area contributed by atoms with Crippen LogP contribution in [0.4, 0.5) is 11.4 Å². The maximum atomic E-state index is 11.9. The highest BCUT2D eigenvalue weighted by Crippen LogP contribution is 2.34. The van der Waals surface area contributed by atoms with E-state index < -0.39 is 32.8 Å². The van der Waals surface area contributed by atoms with Gasteiger partial charge in [0.25, 0.3) is 0 Å². The Morgan fingerprint density at radius 3 is 2.13 bits per heavy atom. The van der Waals surface area contributed by atoms with Crippen LogP contribution in [-0.2, 0) is 21.1 Å². The van der Waals surface area contributed by atoms with E-state index in [4.69, 9.17) is 5.11 Å². The van der Waals surface area contributed by atoms with Crippen molar-refractivity contribution in [1.29, 1.82) is 0 Å². The van der Waals surface area contributed by atoms with E-state index in [-0.39, 0.29) is 21.8 Å². The fourth-order valence-corrected chi connectivity index (χ4v) is 4.10. The van der Waals surface area contributed by atoms with Crippen LogP contribution in [-0.4, -0.2) is 39.6 Å². The zero-order valence-electron chi connectivity index (χ0n) is 15.6. The number of carboxylic acids is 1. The Balaban J connectivity index is 2.08. The molecule has 3 aromatic carbocycles. The molecule has 0 aliphatic rings. The summed E-state index contributed by atoms with van der Waals surface area (Å²) >= 11 is -2.79. The van der Waals surface area contributed by atoms with Gasteiger partial charge in [0.2, 0.25) is 0 Å². The van der Waals surface area contributed by atoms with Crippen LogP contribution in [0.25, 0.3) is 11.1 Å². The SMILES string of the molecule is CS(=O)(=O)c1cccc(-c2cccc(N(c3ccc(C(=O)O)c(O)c3)S(=O)[O-])c2)c1. The number of phenols is 1. The third kappa shape index (κ3) is 4.51. The summed E-state index contributed by atoms with van der Waals surface area (Å²) in [6.45, 7) is 0. The molecule has 2 N–H and O–H groups in total. The Bertz CT molecular complexity index is 1260. The molecule has 10 heteroatoms. The van der Waals surface area contributed by atoms with E-state index in [9.17, 15) is 27.1 Å². The molecule has 0 radical (unpaired) electrons. The van der Waals surface area contributed by atoms with Crippen LogP contribution < -0.4 is 4.31 Å². The van der Waals surface area contributed by atoms with Crippen LogP contribution in [0.3, 0.4) is 0 Å². The summed E-state index contributed by atoms with van der Waals surface area (Å²) in [5, 5.41) is 18.9. The van der Waals surface area contributed by atoms with Gasteiger partial charge >= 0.3 is 5.97 Å². The highest BCUT2D eigenvalue weighted by Gasteiger charge is 2.16. The minimum atomic E-state index is -3.42. The molecule has 0 aliphatic carbocycles. The van der Waals surface area contributed by atoms with Crippen molar-refractivity contribution in [3.8, 4) is 16.9 Å². The fraction of sp³-hybridized carbons (Fsp3) is 0.0500. The molecule has 3 rings (SSSR count). The van der Waals surface area contributed by atoms with E-state index in [1.165, 1.54) is 24.3 Å². The lowest BCUT2D eigenvalue weighted by molar-refractivity contribution is 0.0693. The molecule has 8 nitrogen and oxygen atoms in total. The summed E-state index contributed by atoms with van der Waals surface area (Å²) < 4.78 is 48.3. The van der Waals surface area contributed by atoms with Crippen molar-refractivity contribution in [2.75, 3.05) is 10.6 Å². The van der Waals surface area contributed by atoms with Crippen LogP contribution in [0.15, 0.2) is 71.6 Å². The predicted molar refractivity (Wildman–Crippen MR) is 111 cm³/mol. The van der Waals surface area contributed by atoms with E-state index in [0.717, 1.165) is 22.7 Å². The molecule has 0 heterocycles. The Kier molecular flexibility index (Phi) is 5.92. The van der Waals surface area contributed by atoms with E-state index in [2.05, 4.69) is 0 Å². The third-order valence-electron chi connectivity index (χ3n) is 4.27. The number of rotatable bonds is 6. The minimum Gasteiger partial charge on any atom is -0.755 e. The van der Waals surface area contributed by atoms with Gasteiger partial charge in [-0.1, -0.05) is 24.3 Å². The van der Waals surface area contributed by atoms with Crippen LogP contribution in [0, 0.1) is 0 Å². The lowest BCUT2D eigenvalue weighted by atomic mass is 10.1. The van der Waals surface area contributed by atoms with E-state index in [0.29, 0.717) is 11.1 Å². The number of nitrogens with zero attached hydrogens (tertiary/aromatic N) is 1. The standard InChI is InChI=1S/C20H17NO7S2/c1-30(27,28)17-7-3-5-14(11-17)13-4-2-6-15(10-13)21(29(25)26)16-8-9-18(20(23)24)19(22)12-16/h2-12,22H,1H3,(H,23,24)(H,25,26)/p-1. The number of hydrogen-bond donors (Lipinski definition) is 2. The highest BCUT2D eigenvalue weighted by molar-refractivity contribution is 7.90. The lowest BCUT2D eigenvalue weighted by Crippen LogP contribution is -2.19. The van der Waals surface area contributed by atoms with Gasteiger partial charge in [-0.2, -0.15) is 0 Å². The van der Waals surface area contributed by atoms with Gasteiger partial charge < -0.3 is 14.8 Å². The van der Waals surface area contributed by atoms with Crippen molar-refractivity contribution in [3.63, 3.8) is 0 Å². The first-order valence-electron chi connectivity index (χ1n) is 8.44. The maximum Gasteiger partial charge on any atom is 0.339 e. The van der Waals surface area contributed by atoms with Gasteiger partial charge in [0.05, 0.1) is 27.5 Å². The third-order valence-corrected chi connectivity index (χ3v) is 6.10. The average Bonchev–Trinajstić information content (AvgIpc) is 2.67. The smallest absolute Gasteiger partial charge is 0.339 e. The summed E-state index contributed by atoms with van der Waals surface area (Å²) in [6, 6.07) is 16.0. The molecule has 0 aromatic heterocycles. The zero-order chi connectivity index (χ0) is 22.1. The van der Waals surface area contributed by atoms with Gasteiger partial charge in [0, 0.05) is 12.3 Å². The van der Waals surface area contributed by atoms with Gasteiger partial charge in [-0.3, -0.25) is 8.51 Å². The predicted octanol–water partition coefficient (Wildman–Crippen LogP) is 3.09. The average molecular weight is 446 g/mol. The molecule has 0 aliphatic heterocycles. The molecular weight excluding hydrogens is 430 g/mol. The largest absolute Gasteiger partial charge is 0.755 e. The van der Waals surface area contributed by atoms with Gasteiger partial charge in [-0.25, -0.2) is 13.2 Å². The maximum absolute atomic E-state index is 11.9. The van der Waals surface area contributed by atoms with Gasteiger partial charge in [-0.05, 0) is 47.5 Å². The molecule has 0 saturated carbocycles. The summed E-state index contributed by atoms with van der Waals surface area (Å²) in [5.41, 5.74) is 1.03. The lowest BCUT2D eigenvalue weighted by Gasteiger charge is -2.27. The molecule has 3 aromatic rings. The van der Waals surface area contributed by atoms with Crippen LogP contribution >= 0.6 is 0 Å². The summed E-state index contributed by atoms with van der Waals surface area (Å²) in [6.07, 6.45) is 1.10. The Morgan fingerprint density at radius 2 is 1.57 bits per heavy atom. The number of carbonyl (C=O) groups is 1. The first-order chi connectivity index (χ1) is 14.1. The van der Waals surface area contributed by atoms with Crippen molar-refractivity contribution in [1.82, 2.24) is 0 Å². The number of aromatic hydroxyl groups is 1. The van der Waals surface area contributed by atoms with Crippen molar-refractivity contribution in [2.45, 2.75) is 4.90 Å². The molecule has 156 valence electrons. The second-order valence-electron chi connectivity index (χ2n) is 6.37. The minimum absolute atomic E-state index is 0.0351. The molecule has 1 atom stereocenters.